The number of hydrogen-bond acceptors (Lipinski definition) is 4. The van der Waals surface area contributed by atoms with Crippen molar-refractivity contribution in [3.05, 3.63) is 53.6 Å². The number of rotatable bonds is 4. The monoisotopic (exact) mass is 342 g/mol. The zero-order chi connectivity index (χ0) is 17.1. The number of nitrogens with one attached hydrogen (secondary N) is 2. The average Bonchev–Trinajstić information content (AvgIpc) is 2.60. The summed E-state index contributed by atoms with van der Waals surface area (Å²) in [6, 6.07) is 12.9. The van der Waals surface area contributed by atoms with Crippen LogP contribution < -0.4 is 15.4 Å². The number of amides is 2. The van der Waals surface area contributed by atoms with Gasteiger partial charge in [0.05, 0.1) is 18.0 Å². The Morgan fingerprint density at radius 2 is 2.08 bits per heavy atom. The second-order valence-electron chi connectivity index (χ2n) is 5.45. The summed E-state index contributed by atoms with van der Waals surface area (Å²) in [5.74, 6) is 0.501. The minimum absolute atomic E-state index is 0.0425. The van der Waals surface area contributed by atoms with Crippen LogP contribution in [0.25, 0.3) is 0 Å². The molecule has 1 aliphatic heterocycles. The molecule has 0 spiro atoms. The number of carbonyl (C=O) groups is 2. The normalized spacial score (nSPS) is 16.1. The minimum atomic E-state index is -0.193. The molecular weight excluding hydrogens is 324 g/mol. The summed E-state index contributed by atoms with van der Waals surface area (Å²) >= 11 is 1.50. The molecule has 2 aromatic carbocycles. The zero-order valence-corrected chi connectivity index (χ0v) is 14.3. The van der Waals surface area contributed by atoms with Crippen LogP contribution in [-0.2, 0) is 11.3 Å². The summed E-state index contributed by atoms with van der Waals surface area (Å²) < 4.78 is 5.28. The third-order valence-electron chi connectivity index (χ3n) is 3.80. The van der Waals surface area contributed by atoms with Crippen LogP contribution in [-0.4, -0.2) is 24.2 Å². The van der Waals surface area contributed by atoms with Gasteiger partial charge in [-0.25, -0.2) is 0 Å². The second kappa shape index (κ2) is 6.97. The quantitative estimate of drug-likeness (QED) is 0.896. The molecule has 0 aromatic heterocycles. The van der Waals surface area contributed by atoms with Gasteiger partial charge >= 0.3 is 0 Å². The predicted molar refractivity (Wildman–Crippen MR) is 94.6 cm³/mol. The summed E-state index contributed by atoms with van der Waals surface area (Å²) in [6.45, 7) is 2.23. The van der Waals surface area contributed by atoms with Crippen molar-refractivity contribution in [1.29, 1.82) is 0 Å². The number of benzene rings is 2. The highest BCUT2D eigenvalue weighted by atomic mass is 32.2. The van der Waals surface area contributed by atoms with Gasteiger partial charge in [-0.3, -0.25) is 9.59 Å². The van der Waals surface area contributed by atoms with Crippen LogP contribution in [0.2, 0.25) is 0 Å². The lowest BCUT2D eigenvalue weighted by Crippen LogP contribution is -2.27. The summed E-state index contributed by atoms with van der Waals surface area (Å²) in [4.78, 5) is 25.1. The van der Waals surface area contributed by atoms with Crippen LogP contribution in [0.3, 0.4) is 0 Å². The molecule has 5 nitrogen and oxygen atoms in total. The van der Waals surface area contributed by atoms with E-state index in [1.807, 2.05) is 37.3 Å². The fraction of sp³-hybridized carbons (Fsp3) is 0.222. The van der Waals surface area contributed by atoms with Gasteiger partial charge in [-0.05, 0) is 31.2 Å². The van der Waals surface area contributed by atoms with E-state index in [1.165, 1.54) is 11.8 Å². The summed E-state index contributed by atoms with van der Waals surface area (Å²) in [5, 5.41) is 5.59. The maximum absolute atomic E-state index is 12.4. The molecule has 0 unspecified atom stereocenters. The molecule has 0 bridgehead atoms. The number of thioether (sulfide) groups is 1. The molecule has 0 saturated heterocycles. The van der Waals surface area contributed by atoms with Crippen molar-refractivity contribution in [2.75, 3.05) is 12.4 Å². The molecule has 2 N–H and O–H groups in total. The lowest BCUT2D eigenvalue weighted by atomic mass is 10.1. The number of methoxy groups -OCH3 is 1. The van der Waals surface area contributed by atoms with E-state index in [0.717, 1.165) is 16.2 Å². The Labute approximate surface area is 144 Å². The third-order valence-corrected chi connectivity index (χ3v) is 4.98. The summed E-state index contributed by atoms with van der Waals surface area (Å²) in [7, 11) is 1.60. The number of para-hydroxylation sites is 1. The molecule has 0 aliphatic carbocycles. The van der Waals surface area contributed by atoms with E-state index in [1.54, 1.807) is 19.2 Å². The smallest absolute Gasteiger partial charge is 0.251 e. The fourth-order valence-corrected chi connectivity index (χ4v) is 3.41. The number of hydrogen-bond donors (Lipinski definition) is 2. The Hall–Kier alpha value is -2.47. The standard InChI is InChI=1S/C18H18N2O3S/c1-11-17(21)20-14-9-12(7-8-16(14)24-11)18(22)19-10-13-5-3-4-6-15(13)23-2/h3-9,11H,10H2,1-2H3,(H,19,22)(H,20,21)/t11-/m0/s1. The van der Waals surface area contributed by atoms with Gasteiger partial charge in [-0.15, -0.1) is 11.8 Å². The molecule has 2 amide bonds. The van der Waals surface area contributed by atoms with Crippen LogP contribution in [0.5, 0.6) is 5.75 Å². The van der Waals surface area contributed by atoms with Crippen LogP contribution in [0.1, 0.15) is 22.8 Å². The van der Waals surface area contributed by atoms with Gasteiger partial charge in [0.15, 0.2) is 0 Å². The third kappa shape index (κ3) is 3.38. The van der Waals surface area contributed by atoms with Crippen molar-refractivity contribution in [3.8, 4) is 5.75 Å². The van der Waals surface area contributed by atoms with E-state index in [4.69, 9.17) is 4.74 Å². The van der Waals surface area contributed by atoms with Gasteiger partial charge in [0.2, 0.25) is 5.91 Å². The second-order valence-corrected chi connectivity index (χ2v) is 6.84. The molecule has 6 heteroatoms. The van der Waals surface area contributed by atoms with Gasteiger partial charge in [0, 0.05) is 22.6 Å². The average molecular weight is 342 g/mol. The van der Waals surface area contributed by atoms with Crippen LogP contribution in [0, 0.1) is 0 Å². The number of fused-ring (bicyclic) bond motifs is 1. The maximum Gasteiger partial charge on any atom is 0.251 e. The highest BCUT2D eigenvalue weighted by Gasteiger charge is 2.23. The van der Waals surface area contributed by atoms with E-state index >= 15 is 0 Å². The van der Waals surface area contributed by atoms with Gasteiger partial charge in [-0.1, -0.05) is 18.2 Å². The van der Waals surface area contributed by atoms with Gasteiger partial charge < -0.3 is 15.4 Å². The first-order valence-electron chi connectivity index (χ1n) is 7.60. The van der Waals surface area contributed by atoms with Crippen molar-refractivity contribution >= 4 is 29.3 Å². The summed E-state index contributed by atoms with van der Waals surface area (Å²) in [6.07, 6.45) is 0. The Morgan fingerprint density at radius 3 is 2.88 bits per heavy atom. The fourth-order valence-electron chi connectivity index (χ4n) is 2.48. The predicted octanol–water partition coefficient (Wildman–Crippen LogP) is 3.06. The topological polar surface area (TPSA) is 67.4 Å². The van der Waals surface area contributed by atoms with Crippen LogP contribution >= 0.6 is 11.8 Å². The Morgan fingerprint density at radius 1 is 1.29 bits per heavy atom. The van der Waals surface area contributed by atoms with Gasteiger partial charge in [0.1, 0.15) is 5.75 Å². The van der Waals surface area contributed by atoms with Crippen molar-refractivity contribution in [2.24, 2.45) is 0 Å². The molecule has 1 heterocycles. The molecule has 3 rings (SSSR count). The summed E-state index contributed by atoms with van der Waals surface area (Å²) in [5.41, 5.74) is 2.11. The molecule has 0 fully saturated rings. The molecule has 2 aromatic rings. The largest absolute Gasteiger partial charge is 0.496 e. The molecule has 0 saturated carbocycles. The molecular formula is C18H18N2O3S. The molecule has 0 radical (unpaired) electrons. The first-order valence-corrected chi connectivity index (χ1v) is 8.48. The maximum atomic E-state index is 12.4. The van der Waals surface area contributed by atoms with Crippen molar-refractivity contribution < 1.29 is 14.3 Å². The van der Waals surface area contributed by atoms with Crippen molar-refractivity contribution in [3.63, 3.8) is 0 Å². The zero-order valence-electron chi connectivity index (χ0n) is 13.5. The van der Waals surface area contributed by atoms with E-state index in [-0.39, 0.29) is 17.1 Å². The Balaban J connectivity index is 1.72. The first-order chi connectivity index (χ1) is 11.6. The van der Waals surface area contributed by atoms with E-state index in [0.29, 0.717) is 17.8 Å². The lowest BCUT2D eigenvalue weighted by molar-refractivity contribution is -0.115. The minimum Gasteiger partial charge on any atom is -0.496 e. The van der Waals surface area contributed by atoms with Gasteiger partial charge in [-0.2, -0.15) is 0 Å². The molecule has 24 heavy (non-hydrogen) atoms. The number of anilines is 1. The highest BCUT2D eigenvalue weighted by molar-refractivity contribution is 8.00. The van der Waals surface area contributed by atoms with Crippen molar-refractivity contribution in [2.45, 2.75) is 23.6 Å². The first kappa shape index (κ1) is 16.4. The van der Waals surface area contributed by atoms with Crippen LogP contribution in [0.15, 0.2) is 47.4 Å². The van der Waals surface area contributed by atoms with E-state index < -0.39 is 0 Å². The Kier molecular flexibility index (Phi) is 4.76. The Bertz CT molecular complexity index is 792. The molecule has 1 atom stereocenters. The van der Waals surface area contributed by atoms with Crippen LogP contribution in [0.4, 0.5) is 5.69 Å². The van der Waals surface area contributed by atoms with Crippen molar-refractivity contribution in [1.82, 2.24) is 5.32 Å². The van der Waals surface area contributed by atoms with E-state index in [9.17, 15) is 9.59 Å². The van der Waals surface area contributed by atoms with Gasteiger partial charge in [0.25, 0.3) is 5.91 Å². The lowest BCUT2D eigenvalue weighted by Gasteiger charge is -2.21. The highest BCUT2D eigenvalue weighted by Crippen LogP contribution is 2.35. The number of ether oxygens (including phenoxy) is 1. The molecule has 124 valence electrons. The number of carbonyl (C=O) groups excluding carboxylic acids is 2. The SMILES string of the molecule is COc1ccccc1CNC(=O)c1ccc2c(c1)NC(=O)[C@H](C)S2. The molecule has 1 aliphatic rings. The van der Waals surface area contributed by atoms with E-state index in [2.05, 4.69) is 10.6 Å².